The molecule has 1 rings (SSSR count). The lowest BCUT2D eigenvalue weighted by Gasteiger charge is -2.08. The second-order valence-corrected chi connectivity index (χ2v) is 3.70. The molecule has 0 spiro atoms. The Morgan fingerprint density at radius 2 is 2.36 bits per heavy atom. The van der Waals surface area contributed by atoms with E-state index >= 15 is 0 Å². The van der Waals surface area contributed by atoms with Crippen molar-refractivity contribution in [1.29, 1.82) is 0 Å². The highest BCUT2D eigenvalue weighted by molar-refractivity contribution is 7.09. The number of halogens is 1. The molecule has 1 aromatic rings. The van der Waals surface area contributed by atoms with Crippen molar-refractivity contribution in [3.05, 3.63) is 16.1 Å². The number of nitrogens with zero attached hydrogens (tertiary/aromatic N) is 1. The van der Waals surface area contributed by atoms with Crippen LogP contribution in [-0.2, 0) is 12.3 Å². The van der Waals surface area contributed by atoms with Gasteiger partial charge in [0.1, 0.15) is 10.7 Å². The lowest BCUT2D eigenvalue weighted by atomic mass is 10.1. The summed E-state index contributed by atoms with van der Waals surface area (Å²) >= 11 is 1.28. The normalized spacial score (nSPS) is 12.0. The lowest BCUT2D eigenvalue weighted by Crippen LogP contribution is -2.09. The topological polar surface area (TPSA) is 33.1 Å². The van der Waals surface area contributed by atoms with Crippen LogP contribution in [0.3, 0.4) is 0 Å². The van der Waals surface area contributed by atoms with Crippen molar-refractivity contribution in [2.24, 2.45) is 0 Å². The van der Waals surface area contributed by atoms with E-state index in [2.05, 4.69) is 4.98 Å². The number of thiazole rings is 1. The van der Waals surface area contributed by atoms with Gasteiger partial charge in [0.25, 0.3) is 0 Å². The monoisotopic (exact) mass is 175 g/mol. The molecule has 0 aliphatic carbocycles. The minimum Gasteiger partial charge on any atom is -0.389 e. The van der Waals surface area contributed by atoms with Crippen LogP contribution in [0.15, 0.2) is 5.38 Å². The Labute approximate surface area is 68.7 Å². The molecule has 0 aliphatic rings. The van der Waals surface area contributed by atoms with Gasteiger partial charge in [-0.1, -0.05) is 0 Å². The van der Waals surface area contributed by atoms with E-state index in [1.807, 2.05) is 0 Å². The summed E-state index contributed by atoms with van der Waals surface area (Å²) in [4.78, 5) is 3.89. The molecule has 1 heterocycles. The Morgan fingerprint density at radius 1 is 1.73 bits per heavy atom. The molecule has 0 fully saturated rings. The molecule has 0 saturated heterocycles. The number of aliphatic hydroxyl groups is 1. The van der Waals surface area contributed by atoms with Crippen LogP contribution in [0.5, 0.6) is 0 Å². The first kappa shape index (κ1) is 8.62. The second kappa shape index (κ2) is 2.87. The minimum atomic E-state index is -1.40. The quantitative estimate of drug-likeness (QED) is 0.744. The van der Waals surface area contributed by atoms with Crippen LogP contribution in [0.2, 0.25) is 0 Å². The lowest BCUT2D eigenvalue weighted by molar-refractivity contribution is 0.213. The summed E-state index contributed by atoms with van der Waals surface area (Å²) in [5.74, 6) is 0. The maximum absolute atomic E-state index is 13.1. The SMILES string of the molecule is CC(C)(F)c1csc(CO)n1. The fraction of sp³-hybridized carbons (Fsp3) is 0.571. The van der Waals surface area contributed by atoms with Crippen LogP contribution in [0.1, 0.15) is 24.5 Å². The Kier molecular flexibility index (Phi) is 2.25. The molecular weight excluding hydrogens is 165 g/mol. The van der Waals surface area contributed by atoms with Gasteiger partial charge >= 0.3 is 0 Å². The number of rotatable bonds is 2. The molecule has 1 aromatic heterocycles. The van der Waals surface area contributed by atoms with Crippen molar-refractivity contribution in [2.45, 2.75) is 26.1 Å². The van der Waals surface area contributed by atoms with E-state index < -0.39 is 5.67 Å². The molecule has 0 unspecified atom stereocenters. The predicted octanol–water partition coefficient (Wildman–Crippen LogP) is 1.84. The zero-order chi connectivity index (χ0) is 8.48. The van der Waals surface area contributed by atoms with Crippen LogP contribution < -0.4 is 0 Å². The van der Waals surface area contributed by atoms with E-state index in [1.165, 1.54) is 25.2 Å². The van der Waals surface area contributed by atoms with Crippen molar-refractivity contribution in [2.75, 3.05) is 0 Å². The van der Waals surface area contributed by atoms with E-state index in [0.717, 1.165) is 0 Å². The smallest absolute Gasteiger partial charge is 0.148 e. The number of alkyl halides is 1. The third-order valence-corrected chi connectivity index (χ3v) is 2.13. The Balaban J connectivity index is 2.89. The van der Waals surface area contributed by atoms with E-state index in [4.69, 9.17) is 5.11 Å². The van der Waals surface area contributed by atoms with Gasteiger partial charge in [0.2, 0.25) is 0 Å². The Hall–Kier alpha value is -0.480. The summed E-state index contributed by atoms with van der Waals surface area (Å²) in [7, 11) is 0. The van der Waals surface area contributed by atoms with Crippen molar-refractivity contribution in [1.82, 2.24) is 4.98 Å². The van der Waals surface area contributed by atoms with Crippen LogP contribution in [0.4, 0.5) is 4.39 Å². The van der Waals surface area contributed by atoms with Crippen molar-refractivity contribution < 1.29 is 9.50 Å². The Bertz CT molecular complexity index is 241. The van der Waals surface area contributed by atoms with E-state index in [9.17, 15) is 4.39 Å². The van der Waals surface area contributed by atoms with Gasteiger partial charge in [-0.05, 0) is 13.8 Å². The standard InChI is InChI=1S/C7H10FNOS/c1-7(2,8)5-4-11-6(3-10)9-5/h4,10H,3H2,1-2H3. The average Bonchev–Trinajstić information content (AvgIpc) is 2.32. The highest BCUT2D eigenvalue weighted by Gasteiger charge is 2.21. The zero-order valence-corrected chi connectivity index (χ0v) is 7.28. The summed E-state index contributed by atoms with van der Waals surface area (Å²) in [6.45, 7) is 2.78. The predicted molar refractivity (Wildman–Crippen MR) is 42.2 cm³/mol. The number of hydrogen-bond donors (Lipinski definition) is 1. The van der Waals surface area contributed by atoms with Gasteiger partial charge < -0.3 is 5.11 Å². The molecule has 0 amide bonds. The van der Waals surface area contributed by atoms with E-state index in [1.54, 1.807) is 5.38 Å². The molecule has 0 radical (unpaired) electrons. The molecule has 2 nitrogen and oxygen atoms in total. The number of hydrogen-bond acceptors (Lipinski definition) is 3. The molecule has 62 valence electrons. The third-order valence-electron chi connectivity index (χ3n) is 1.30. The molecule has 0 bridgehead atoms. The van der Waals surface area contributed by atoms with Gasteiger partial charge in [-0.15, -0.1) is 11.3 Å². The van der Waals surface area contributed by atoms with Gasteiger partial charge in [-0.3, -0.25) is 0 Å². The van der Waals surface area contributed by atoms with Gasteiger partial charge in [0.15, 0.2) is 0 Å². The number of aromatic nitrogens is 1. The molecule has 0 aromatic carbocycles. The summed E-state index contributed by atoms with van der Waals surface area (Å²) in [6.07, 6.45) is 0. The van der Waals surface area contributed by atoms with Gasteiger partial charge in [-0.25, -0.2) is 9.37 Å². The molecular formula is C7H10FNOS. The van der Waals surface area contributed by atoms with Crippen LogP contribution in [0, 0.1) is 0 Å². The van der Waals surface area contributed by atoms with Crippen molar-refractivity contribution in [3.8, 4) is 0 Å². The Morgan fingerprint density at radius 3 is 2.64 bits per heavy atom. The van der Waals surface area contributed by atoms with Crippen molar-refractivity contribution >= 4 is 11.3 Å². The zero-order valence-electron chi connectivity index (χ0n) is 6.47. The molecule has 0 saturated carbocycles. The average molecular weight is 175 g/mol. The first-order chi connectivity index (χ1) is 5.04. The van der Waals surface area contributed by atoms with Gasteiger partial charge in [0, 0.05) is 5.38 Å². The minimum absolute atomic E-state index is 0.110. The summed E-state index contributed by atoms with van der Waals surface area (Å²) < 4.78 is 13.1. The van der Waals surface area contributed by atoms with Crippen LogP contribution in [-0.4, -0.2) is 10.1 Å². The molecule has 4 heteroatoms. The molecule has 0 atom stereocenters. The third kappa shape index (κ3) is 1.97. The van der Waals surface area contributed by atoms with E-state index in [-0.39, 0.29) is 6.61 Å². The molecule has 11 heavy (non-hydrogen) atoms. The van der Waals surface area contributed by atoms with Crippen LogP contribution in [0.25, 0.3) is 0 Å². The highest BCUT2D eigenvalue weighted by atomic mass is 32.1. The van der Waals surface area contributed by atoms with Gasteiger partial charge in [0.05, 0.1) is 12.3 Å². The van der Waals surface area contributed by atoms with E-state index in [0.29, 0.717) is 10.7 Å². The van der Waals surface area contributed by atoms with Gasteiger partial charge in [-0.2, -0.15) is 0 Å². The maximum atomic E-state index is 13.1. The fourth-order valence-corrected chi connectivity index (χ4v) is 1.46. The largest absolute Gasteiger partial charge is 0.389 e. The molecule has 0 aliphatic heterocycles. The molecule has 1 N–H and O–H groups in total. The highest BCUT2D eigenvalue weighted by Crippen LogP contribution is 2.25. The van der Waals surface area contributed by atoms with Crippen LogP contribution >= 0.6 is 11.3 Å². The second-order valence-electron chi connectivity index (χ2n) is 2.76. The summed E-state index contributed by atoms with van der Waals surface area (Å²) in [5, 5.41) is 10.8. The first-order valence-corrected chi connectivity index (χ1v) is 4.16. The van der Waals surface area contributed by atoms with Crippen molar-refractivity contribution in [3.63, 3.8) is 0 Å². The summed E-state index contributed by atoms with van der Waals surface area (Å²) in [5.41, 5.74) is -1.00. The first-order valence-electron chi connectivity index (χ1n) is 3.28. The number of aliphatic hydroxyl groups excluding tert-OH is 1. The fourth-order valence-electron chi connectivity index (χ4n) is 0.657. The maximum Gasteiger partial charge on any atom is 0.148 e. The summed E-state index contributed by atoms with van der Waals surface area (Å²) in [6, 6.07) is 0.